The number of aliphatic hydroxyl groups excluding tert-OH is 2. The van der Waals surface area contributed by atoms with Gasteiger partial charge in [-0.25, -0.2) is 0 Å². The number of allylic oxidation sites excluding steroid dienone is 4. The first kappa shape index (κ1) is 23.1. The molecule has 2 N–H and O–H groups in total. The monoisotopic (exact) mass is 479 g/mol. The third-order valence-electron chi connectivity index (χ3n) is 8.15. The Hall–Kier alpha value is -3.28. The quantitative estimate of drug-likeness (QED) is 0.586. The van der Waals surface area contributed by atoms with Gasteiger partial charge in [-0.15, -0.1) is 0 Å². The van der Waals surface area contributed by atoms with Gasteiger partial charge in [0.2, 0.25) is 0 Å². The van der Waals surface area contributed by atoms with Crippen molar-refractivity contribution < 1.29 is 10.2 Å². The SMILES string of the molecule is CC(CO)(CO)N=C1C=CC2=N[C@]34CCCC[C@H]3[C@H](c3ccccc3)C=C(c3ccccc3)N4C2=C1. The molecular formula is C31H33N3O2. The van der Waals surface area contributed by atoms with Crippen LogP contribution in [-0.2, 0) is 0 Å². The fourth-order valence-corrected chi connectivity index (χ4v) is 6.34. The minimum Gasteiger partial charge on any atom is -0.394 e. The predicted octanol–water partition coefficient (Wildman–Crippen LogP) is 5.11. The molecule has 184 valence electrons. The van der Waals surface area contributed by atoms with Crippen LogP contribution in [0.4, 0.5) is 0 Å². The van der Waals surface area contributed by atoms with Gasteiger partial charge < -0.3 is 15.1 Å². The summed E-state index contributed by atoms with van der Waals surface area (Å²) >= 11 is 0. The molecule has 36 heavy (non-hydrogen) atoms. The van der Waals surface area contributed by atoms with Crippen LogP contribution in [0.1, 0.15) is 49.7 Å². The Morgan fingerprint density at radius 3 is 2.42 bits per heavy atom. The maximum absolute atomic E-state index is 9.82. The number of fused-ring (bicyclic) bond motifs is 2. The molecule has 2 heterocycles. The van der Waals surface area contributed by atoms with Gasteiger partial charge in [0.05, 0.1) is 30.3 Å². The summed E-state index contributed by atoms with van der Waals surface area (Å²) in [6.07, 6.45) is 13.1. The fourth-order valence-electron chi connectivity index (χ4n) is 6.34. The third kappa shape index (κ3) is 3.69. The molecule has 2 aromatic rings. The molecule has 6 rings (SSSR count). The first-order valence-electron chi connectivity index (χ1n) is 13.0. The molecule has 2 aliphatic heterocycles. The van der Waals surface area contributed by atoms with Gasteiger partial charge in [-0.1, -0.05) is 73.2 Å². The molecular weight excluding hydrogens is 446 g/mol. The Morgan fingerprint density at radius 1 is 0.972 bits per heavy atom. The van der Waals surface area contributed by atoms with Gasteiger partial charge in [0.25, 0.3) is 0 Å². The second-order valence-electron chi connectivity index (χ2n) is 10.6. The molecule has 0 saturated heterocycles. The van der Waals surface area contributed by atoms with E-state index >= 15 is 0 Å². The molecule has 5 nitrogen and oxygen atoms in total. The minimum atomic E-state index is -0.923. The first-order chi connectivity index (χ1) is 17.6. The van der Waals surface area contributed by atoms with E-state index in [2.05, 4.69) is 83.8 Å². The van der Waals surface area contributed by atoms with Gasteiger partial charge in [-0.2, -0.15) is 0 Å². The largest absolute Gasteiger partial charge is 0.394 e. The maximum Gasteiger partial charge on any atom is 0.140 e. The number of benzene rings is 2. The fraction of sp³-hybridized carbons (Fsp3) is 0.355. The Labute approximate surface area is 212 Å². The lowest BCUT2D eigenvalue weighted by atomic mass is 9.66. The average Bonchev–Trinajstić information content (AvgIpc) is 3.26. The van der Waals surface area contributed by atoms with E-state index in [0.717, 1.165) is 36.4 Å². The Morgan fingerprint density at radius 2 is 1.69 bits per heavy atom. The van der Waals surface area contributed by atoms with Crippen molar-refractivity contribution in [2.45, 2.75) is 49.7 Å². The highest BCUT2D eigenvalue weighted by molar-refractivity contribution is 6.22. The molecule has 0 aromatic heterocycles. The molecule has 0 bridgehead atoms. The molecule has 3 atom stereocenters. The van der Waals surface area contributed by atoms with Crippen molar-refractivity contribution in [1.29, 1.82) is 0 Å². The van der Waals surface area contributed by atoms with Crippen molar-refractivity contribution in [2.75, 3.05) is 13.2 Å². The second kappa shape index (κ2) is 8.99. The smallest absolute Gasteiger partial charge is 0.140 e. The van der Waals surface area contributed by atoms with E-state index in [4.69, 9.17) is 9.98 Å². The highest BCUT2D eigenvalue weighted by Crippen LogP contribution is 2.57. The summed E-state index contributed by atoms with van der Waals surface area (Å²) < 4.78 is 0. The number of rotatable bonds is 5. The zero-order valence-electron chi connectivity index (χ0n) is 20.7. The normalized spacial score (nSPS) is 28.1. The Kier molecular flexibility index (Phi) is 5.78. The molecule has 5 heteroatoms. The van der Waals surface area contributed by atoms with Gasteiger partial charge in [0.15, 0.2) is 0 Å². The van der Waals surface area contributed by atoms with Crippen molar-refractivity contribution >= 4 is 17.1 Å². The van der Waals surface area contributed by atoms with E-state index in [0.29, 0.717) is 5.92 Å². The van der Waals surface area contributed by atoms with Crippen molar-refractivity contribution in [1.82, 2.24) is 4.90 Å². The van der Waals surface area contributed by atoms with Crippen LogP contribution in [0.3, 0.4) is 0 Å². The lowest BCUT2D eigenvalue weighted by Crippen LogP contribution is -2.54. The summed E-state index contributed by atoms with van der Waals surface area (Å²) in [5, 5.41) is 19.6. The summed E-state index contributed by atoms with van der Waals surface area (Å²) in [5.41, 5.74) is 5.26. The van der Waals surface area contributed by atoms with Crippen molar-refractivity contribution in [3.63, 3.8) is 0 Å². The third-order valence-corrected chi connectivity index (χ3v) is 8.15. The molecule has 0 amide bonds. The average molecular weight is 480 g/mol. The highest BCUT2D eigenvalue weighted by Gasteiger charge is 2.56. The molecule has 2 aliphatic carbocycles. The predicted molar refractivity (Wildman–Crippen MR) is 145 cm³/mol. The van der Waals surface area contributed by atoms with Crippen LogP contribution in [0.25, 0.3) is 5.70 Å². The van der Waals surface area contributed by atoms with Crippen LogP contribution >= 0.6 is 0 Å². The molecule has 1 fully saturated rings. The van der Waals surface area contributed by atoms with E-state index in [1.165, 1.54) is 23.2 Å². The topological polar surface area (TPSA) is 68.4 Å². The molecule has 2 aromatic carbocycles. The van der Waals surface area contributed by atoms with Crippen LogP contribution < -0.4 is 0 Å². The van der Waals surface area contributed by atoms with Crippen molar-refractivity contribution in [3.8, 4) is 0 Å². The number of nitrogens with zero attached hydrogens (tertiary/aromatic N) is 3. The van der Waals surface area contributed by atoms with E-state index in [-0.39, 0.29) is 24.8 Å². The van der Waals surface area contributed by atoms with Crippen molar-refractivity contribution in [2.24, 2.45) is 15.9 Å². The molecule has 0 radical (unpaired) electrons. The van der Waals surface area contributed by atoms with E-state index < -0.39 is 5.54 Å². The second-order valence-corrected chi connectivity index (χ2v) is 10.6. The van der Waals surface area contributed by atoms with Crippen molar-refractivity contribution in [3.05, 3.63) is 102 Å². The summed E-state index contributed by atoms with van der Waals surface area (Å²) in [5.74, 6) is 0.654. The van der Waals surface area contributed by atoms with Gasteiger partial charge in [-0.05, 0) is 55.5 Å². The van der Waals surface area contributed by atoms with Crippen LogP contribution in [0.15, 0.2) is 101 Å². The zero-order chi connectivity index (χ0) is 24.8. The molecule has 0 unspecified atom stereocenters. The summed E-state index contributed by atoms with van der Waals surface area (Å²) in [6, 6.07) is 21.5. The lowest BCUT2D eigenvalue weighted by molar-refractivity contribution is 0.0687. The van der Waals surface area contributed by atoms with Crippen LogP contribution in [0.2, 0.25) is 0 Å². The number of aliphatic imine (C=N–C) groups is 2. The summed E-state index contributed by atoms with van der Waals surface area (Å²) in [7, 11) is 0. The van der Waals surface area contributed by atoms with Crippen LogP contribution in [0, 0.1) is 5.92 Å². The van der Waals surface area contributed by atoms with E-state index in [9.17, 15) is 10.2 Å². The Balaban J connectivity index is 1.55. The maximum atomic E-state index is 9.82. The molecule has 1 spiro atoms. The van der Waals surface area contributed by atoms with Crippen LogP contribution in [0.5, 0.6) is 0 Å². The van der Waals surface area contributed by atoms with E-state index in [1.807, 2.05) is 6.08 Å². The Bertz CT molecular complexity index is 1290. The van der Waals surface area contributed by atoms with Gasteiger partial charge in [0.1, 0.15) is 11.2 Å². The summed E-state index contributed by atoms with van der Waals surface area (Å²) in [4.78, 5) is 12.7. The lowest BCUT2D eigenvalue weighted by Gasteiger charge is -2.53. The molecule has 1 saturated carbocycles. The number of hydrogen-bond donors (Lipinski definition) is 2. The van der Waals surface area contributed by atoms with Gasteiger partial charge in [-0.3, -0.25) is 9.98 Å². The number of hydrogen-bond acceptors (Lipinski definition) is 5. The summed E-state index contributed by atoms with van der Waals surface area (Å²) in [6.45, 7) is 1.34. The number of aliphatic hydroxyl groups is 2. The van der Waals surface area contributed by atoms with Gasteiger partial charge >= 0.3 is 0 Å². The standard InChI is InChI=1S/C31H33N3O2/c1-30(20-35,21-36)32-24-15-16-27-29(18-24)34-28(23-12-6-3-7-13-23)19-25(22-10-4-2-5-11-22)26-14-8-9-17-31(26,34)33-27/h2-7,10-13,15-16,18-19,25-26,35-36H,8-9,14,17,20-21H2,1H3/t25-,26-,31-/m0/s1. The van der Waals surface area contributed by atoms with Gasteiger partial charge in [0, 0.05) is 17.5 Å². The van der Waals surface area contributed by atoms with Crippen LogP contribution in [-0.4, -0.2) is 51.0 Å². The zero-order valence-corrected chi connectivity index (χ0v) is 20.7. The van der Waals surface area contributed by atoms with E-state index in [1.54, 1.807) is 6.92 Å². The highest BCUT2D eigenvalue weighted by atomic mass is 16.3. The molecule has 4 aliphatic rings. The minimum absolute atomic E-state index is 0.214. The first-order valence-corrected chi connectivity index (χ1v) is 13.0.